The van der Waals surface area contributed by atoms with Gasteiger partial charge in [-0.25, -0.2) is 13.6 Å². The highest BCUT2D eigenvalue weighted by molar-refractivity contribution is 6.00. The highest BCUT2D eigenvalue weighted by atomic mass is 19.1. The average Bonchev–Trinajstić information content (AvgIpc) is 2.76. The molecular weight excluding hydrogens is 460 g/mol. The zero-order valence-electron chi connectivity index (χ0n) is 20.2. The summed E-state index contributed by atoms with van der Waals surface area (Å²) in [5.74, 6) is -1.51. The lowest BCUT2D eigenvalue weighted by Gasteiger charge is -2.43. The van der Waals surface area contributed by atoms with Crippen molar-refractivity contribution in [2.24, 2.45) is 5.73 Å². The summed E-state index contributed by atoms with van der Waals surface area (Å²) in [6.45, 7) is 5.32. The van der Waals surface area contributed by atoms with Crippen molar-refractivity contribution in [3.63, 3.8) is 0 Å². The van der Waals surface area contributed by atoms with Crippen LogP contribution in [-0.2, 0) is 16.0 Å². The summed E-state index contributed by atoms with van der Waals surface area (Å²) in [7, 11) is 1.53. The number of carbonyl (C=O) groups is 2. The maximum atomic E-state index is 13.6. The number of benzene rings is 2. The summed E-state index contributed by atoms with van der Waals surface area (Å²) in [4.78, 5) is 29.1. The molecule has 35 heavy (non-hydrogen) atoms. The molecule has 10 heteroatoms. The molecule has 1 aliphatic rings. The van der Waals surface area contributed by atoms with Crippen LogP contribution in [0.3, 0.4) is 0 Å². The van der Waals surface area contributed by atoms with Gasteiger partial charge < -0.3 is 25.2 Å². The van der Waals surface area contributed by atoms with Crippen molar-refractivity contribution in [1.29, 1.82) is 0 Å². The second-order valence-corrected chi connectivity index (χ2v) is 9.44. The molecule has 3 rings (SSSR count). The summed E-state index contributed by atoms with van der Waals surface area (Å²) < 4.78 is 37.9. The maximum Gasteiger partial charge on any atom is 0.411 e. The minimum atomic E-state index is -1.54. The predicted octanol–water partition coefficient (Wildman–Crippen LogP) is 2.86. The van der Waals surface area contributed by atoms with Crippen molar-refractivity contribution in [3.8, 4) is 5.75 Å². The van der Waals surface area contributed by atoms with Crippen LogP contribution in [0.1, 0.15) is 26.3 Å². The van der Waals surface area contributed by atoms with Gasteiger partial charge in [0.05, 0.1) is 13.2 Å². The van der Waals surface area contributed by atoms with Gasteiger partial charge in [-0.15, -0.1) is 0 Å². The molecule has 1 heterocycles. The van der Waals surface area contributed by atoms with E-state index in [0.717, 1.165) is 23.1 Å². The molecule has 0 aromatic heterocycles. The zero-order valence-corrected chi connectivity index (χ0v) is 20.2. The van der Waals surface area contributed by atoms with Gasteiger partial charge >= 0.3 is 6.09 Å². The number of nitrogens with two attached hydrogens (primary N) is 1. The third-order valence-electron chi connectivity index (χ3n) is 5.59. The number of rotatable bonds is 6. The van der Waals surface area contributed by atoms with E-state index in [2.05, 4.69) is 0 Å². The average molecular weight is 492 g/mol. The van der Waals surface area contributed by atoms with Gasteiger partial charge in [0.15, 0.2) is 0 Å². The fourth-order valence-corrected chi connectivity index (χ4v) is 3.98. The maximum absolute atomic E-state index is 13.6. The van der Waals surface area contributed by atoms with Crippen LogP contribution < -0.4 is 15.4 Å². The van der Waals surface area contributed by atoms with E-state index in [4.69, 9.17) is 15.2 Å². The number of aliphatic hydroxyl groups is 1. The largest absolute Gasteiger partial charge is 0.497 e. The van der Waals surface area contributed by atoms with Gasteiger partial charge in [0.25, 0.3) is 5.91 Å². The molecule has 8 nitrogen and oxygen atoms in total. The van der Waals surface area contributed by atoms with Crippen LogP contribution in [0, 0.1) is 11.6 Å². The van der Waals surface area contributed by atoms with Crippen LogP contribution in [0.15, 0.2) is 42.5 Å². The number of amides is 2. The first-order chi connectivity index (χ1) is 16.4. The summed E-state index contributed by atoms with van der Waals surface area (Å²) in [6, 6.07) is 7.24. The standard InChI is InChI=1S/C25H31F2N3O5/c1-25(2,3)35-24(33)30-10-9-29(18-5-7-19(34-4)8-6-18)23(32)21(30)22(31)20(28)13-15-11-16(26)14-17(27)12-15/h5-8,11-12,14,20-22,31H,9-10,13,28H2,1-4H3/t20-,21-,22-/m0/s1. The first kappa shape index (κ1) is 26.4. The van der Waals surface area contributed by atoms with Crippen LogP contribution >= 0.6 is 0 Å². The lowest BCUT2D eigenvalue weighted by molar-refractivity contribution is -0.131. The van der Waals surface area contributed by atoms with Crippen LogP contribution in [0.5, 0.6) is 5.75 Å². The molecule has 2 aromatic carbocycles. The molecule has 0 radical (unpaired) electrons. The Morgan fingerprint density at radius 1 is 1.14 bits per heavy atom. The third kappa shape index (κ3) is 6.46. The Morgan fingerprint density at radius 3 is 2.29 bits per heavy atom. The number of methoxy groups -OCH3 is 1. The van der Waals surface area contributed by atoms with E-state index in [0.29, 0.717) is 11.4 Å². The van der Waals surface area contributed by atoms with E-state index in [-0.39, 0.29) is 25.1 Å². The number of nitrogens with zero attached hydrogens (tertiary/aromatic N) is 2. The van der Waals surface area contributed by atoms with Crippen molar-refractivity contribution >= 4 is 17.7 Å². The fourth-order valence-electron chi connectivity index (χ4n) is 3.98. The van der Waals surface area contributed by atoms with Gasteiger partial charge in [-0.1, -0.05) is 0 Å². The van der Waals surface area contributed by atoms with Gasteiger partial charge in [0.1, 0.15) is 29.0 Å². The minimum absolute atomic E-state index is 0.0791. The van der Waals surface area contributed by atoms with Crippen LogP contribution in [0.4, 0.5) is 19.3 Å². The molecule has 1 aliphatic heterocycles. The van der Waals surface area contributed by atoms with E-state index in [1.165, 1.54) is 12.0 Å². The van der Waals surface area contributed by atoms with Crippen molar-refractivity contribution in [2.75, 3.05) is 25.1 Å². The van der Waals surface area contributed by atoms with Gasteiger partial charge in [-0.3, -0.25) is 9.69 Å². The summed E-state index contributed by atoms with van der Waals surface area (Å²) in [5, 5.41) is 11.1. The number of halogens is 2. The highest BCUT2D eigenvalue weighted by Gasteiger charge is 2.45. The van der Waals surface area contributed by atoms with Crippen molar-refractivity contribution in [3.05, 3.63) is 59.7 Å². The van der Waals surface area contributed by atoms with Gasteiger partial charge in [0.2, 0.25) is 0 Å². The normalized spacial score (nSPS) is 18.3. The number of piperazine rings is 1. The van der Waals surface area contributed by atoms with Crippen molar-refractivity contribution in [2.45, 2.75) is 51.0 Å². The molecule has 2 aromatic rings. The number of aliphatic hydroxyl groups excluding tert-OH is 1. The SMILES string of the molecule is COc1ccc(N2CCN(C(=O)OC(C)(C)C)[C@@H]([C@@H](O)[C@@H](N)Cc3cc(F)cc(F)c3)C2=O)cc1. The van der Waals surface area contributed by atoms with Crippen LogP contribution in [0.25, 0.3) is 0 Å². The number of carbonyl (C=O) groups excluding carboxylic acids is 2. The number of anilines is 1. The van der Waals surface area contributed by atoms with E-state index in [9.17, 15) is 23.5 Å². The smallest absolute Gasteiger partial charge is 0.411 e. The first-order valence-electron chi connectivity index (χ1n) is 11.2. The topological polar surface area (TPSA) is 105 Å². The Balaban J connectivity index is 1.90. The third-order valence-corrected chi connectivity index (χ3v) is 5.59. The predicted molar refractivity (Wildman–Crippen MR) is 126 cm³/mol. The molecule has 0 unspecified atom stereocenters. The molecule has 1 fully saturated rings. The second kappa shape index (κ2) is 10.6. The Labute approximate surface area is 203 Å². The minimum Gasteiger partial charge on any atom is -0.497 e. The number of hydrogen-bond acceptors (Lipinski definition) is 6. The van der Waals surface area contributed by atoms with Gasteiger partial charge in [0, 0.05) is 30.9 Å². The molecule has 0 aliphatic carbocycles. The van der Waals surface area contributed by atoms with Crippen LogP contribution in [0.2, 0.25) is 0 Å². The van der Waals surface area contributed by atoms with Crippen molar-refractivity contribution in [1.82, 2.24) is 4.90 Å². The lowest BCUT2D eigenvalue weighted by Crippen LogP contribution is -2.66. The zero-order chi connectivity index (χ0) is 25.9. The summed E-state index contributed by atoms with van der Waals surface area (Å²) >= 11 is 0. The van der Waals surface area contributed by atoms with E-state index >= 15 is 0 Å². The second-order valence-electron chi connectivity index (χ2n) is 9.44. The Bertz CT molecular complexity index is 1040. The molecule has 1 saturated heterocycles. The molecule has 0 bridgehead atoms. The first-order valence-corrected chi connectivity index (χ1v) is 11.2. The molecule has 2 amide bonds. The molecule has 3 atom stereocenters. The van der Waals surface area contributed by atoms with Crippen LogP contribution in [-0.4, -0.2) is 66.0 Å². The Morgan fingerprint density at radius 2 is 1.74 bits per heavy atom. The lowest BCUT2D eigenvalue weighted by atomic mass is 9.94. The fraction of sp³-hybridized carbons (Fsp3) is 0.440. The van der Waals surface area contributed by atoms with E-state index in [1.807, 2.05) is 0 Å². The number of hydrogen-bond donors (Lipinski definition) is 2. The van der Waals surface area contributed by atoms with Gasteiger partial charge in [-0.05, 0) is 69.2 Å². The van der Waals surface area contributed by atoms with Crippen molar-refractivity contribution < 1.29 is 33.0 Å². The molecule has 3 N–H and O–H groups in total. The number of ether oxygens (including phenoxy) is 2. The summed E-state index contributed by atoms with van der Waals surface area (Å²) in [6.07, 6.45) is -2.43. The highest BCUT2D eigenvalue weighted by Crippen LogP contribution is 2.27. The monoisotopic (exact) mass is 491 g/mol. The quantitative estimate of drug-likeness (QED) is 0.644. The Hall–Kier alpha value is -3.24. The Kier molecular flexibility index (Phi) is 7.97. The molecule has 0 spiro atoms. The molecular formula is C25H31F2N3O5. The molecule has 190 valence electrons. The summed E-state index contributed by atoms with van der Waals surface area (Å²) in [5.41, 5.74) is 6.13. The molecule has 0 saturated carbocycles. The van der Waals surface area contributed by atoms with E-state index < -0.39 is 47.4 Å². The van der Waals surface area contributed by atoms with E-state index in [1.54, 1.807) is 45.0 Å². The van der Waals surface area contributed by atoms with Gasteiger partial charge in [-0.2, -0.15) is 0 Å².